The van der Waals surface area contributed by atoms with Crippen LogP contribution < -0.4 is 0 Å². The highest BCUT2D eigenvalue weighted by Gasteiger charge is 2.33. The molecule has 0 radical (unpaired) electrons. The highest BCUT2D eigenvalue weighted by molar-refractivity contribution is 5.79. The summed E-state index contributed by atoms with van der Waals surface area (Å²) < 4.78 is 0. The first kappa shape index (κ1) is 11.9. The van der Waals surface area contributed by atoms with Gasteiger partial charge in [-0.3, -0.25) is 4.79 Å². The second kappa shape index (κ2) is 5.17. The van der Waals surface area contributed by atoms with Gasteiger partial charge in [0.2, 0.25) is 5.91 Å². The van der Waals surface area contributed by atoms with E-state index < -0.39 is 0 Å². The van der Waals surface area contributed by atoms with Gasteiger partial charge in [-0.1, -0.05) is 25.7 Å². The van der Waals surface area contributed by atoms with E-state index in [1.54, 1.807) is 0 Å². The van der Waals surface area contributed by atoms with Crippen LogP contribution in [-0.2, 0) is 4.79 Å². The van der Waals surface area contributed by atoms with Gasteiger partial charge in [0.15, 0.2) is 0 Å². The van der Waals surface area contributed by atoms with E-state index in [4.69, 9.17) is 0 Å². The Hall–Kier alpha value is -0.570. The van der Waals surface area contributed by atoms with Gasteiger partial charge < -0.3 is 10.0 Å². The van der Waals surface area contributed by atoms with Crippen molar-refractivity contribution in [3.63, 3.8) is 0 Å². The zero-order valence-electron chi connectivity index (χ0n) is 10.2. The Morgan fingerprint density at radius 3 is 2.25 bits per heavy atom. The van der Waals surface area contributed by atoms with Gasteiger partial charge >= 0.3 is 0 Å². The molecule has 16 heavy (non-hydrogen) atoms. The lowest BCUT2D eigenvalue weighted by atomic mass is 9.91. The lowest BCUT2D eigenvalue weighted by Gasteiger charge is -2.36. The lowest BCUT2D eigenvalue weighted by Crippen LogP contribution is -2.48. The van der Waals surface area contributed by atoms with E-state index in [0.717, 1.165) is 38.5 Å². The monoisotopic (exact) mass is 225 g/mol. The third-order valence-corrected chi connectivity index (χ3v) is 4.24. The third-order valence-electron chi connectivity index (χ3n) is 4.24. The molecule has 0 aromatic rings. The van der Waals surface area contributed by atoms with E-state index in [1.165, 1.54) is 12.8 Å². The standard InChI is InChI=1S/C13H23NO2/c1-14(11-8-4-5-9-12(11)15)13(16)10-6-2-3-7-10/h10-12,15H,2-9H2,1H3. The summed E-state index contributed by atoms with van der Waals surface area (Å²) in [6.45, 7) is 0. The second-order valence-electron chi connectivity index (χ2n) is 5.35. The average Bonchev–Trinajstić information content (AvgIpc) is 2.81. The predicted molar refractivity (Wildman–Crippen MR) is 63.0 cm³/mol. The van der Waals surface area contributed by atoms with Crippen LogP contribution in [0.3, 0.4) is 0 Å². The molecule has 2 aliphatic carbocycles. The summed E-state index contributed by atoms with van der Waals surface area (Å²) in [4.78, 5) is 14.0. The number of hydrogen-bond acceptors (Lipinski definition) is 2. The zero-order valence-corrected chi connectivity index (χ0v) is 10.2. The summed E-state index contributed by atoms with van der Waals surface area (Å²) in [5.41, 5.74) is 0. The fourth-order valence-corrected chi connectivity index (χ4v) is 3.17. The topological polar surface area (TPSA) is 40.5 Å². The molecule has 2 fully saturated rings. The SMILES string of the molecule is CN(C(=O)C1CCCC1)C1CCCCC1O. The summed E-state index contributed by atoms with van der Waals surface area (Å²) in [6, 6.07) is 0.0712. The molecule has 0 aliphatic heterocycles. The molecular formula is C13H23NO2. The molecular weight excluding hydrogens is 202 g/mol. The molecule has 0 aromatic heterocycles. The summed E-state index contributed by atoms with van der Waals surface area (Å²) in [5, 5.41) is 9.94. The summed E-state index contributed by atoms with van der Waals surface area (Å²) in [7, 11) is 1.87. The van der Waals surface area contributed by atoms with Gasteiger partial charge in [-0.05, 0) is 25.7 Å². The van der Waals surface area contributed by atoms with Crippen LogP contribution in [0.1, 0.15) is 51.4 Å². The maximum absolute atomic E-state index is 12.2. The van der Waals surface area contributed by atoms with Gasteiger partial charge in [-0.15, -0.1) is 0 Å². The smallest absolute Gasteiger partial charge is 0.225 e. The normalized spacial score (nSPS) is 31.6. The van der Waals surface area contributed by atoms with E-state index in [9.17, 15) is 9.90 Å². The van der Waals surface area contributed by atoms with E-state index in [2.05, 4.69) is 0 Å². The lowest BCUT2D eigenvalue weighted by molar-refractivity contribution is -0.139. The maximum Gasteiger partial charge on any atom is 0.225 e. The van der Waals surface area contributed by atoms with Crippen molar-refractivity contribution in [1.82, 2.24) is 4.90 Å². The minimum absolute atomic E-state index is 0.0712. The van der Waals surface area contributed by atoms with Crippen molar-refractivity contribution in [2.24, 2.45) is 5.92 Å². The molecule has 2 unspecified atom stereocenters. The molecule has 1 N–H and O–H groups in total. The van der Waals surface area contributed by atoms with Crippen molar-refractivity contribution >= 4 is 5.91 Å². The van der Waals surface area contributed by atoms with Gasteiger partial charge in [0.05, 0.1) is 12.1 Å². The zero-order chi connectivity index (χ0) is 11.5. The second-order valence-corrected chi connectivity index (χ2v) is 5.35. The minimum atomic E-state index is -0.302. The van der Waals surface area contributed by atoms with E-state index in [0.29, 0.717) is 0 Å². The highest BCUT2D eigenvalue weighted by atomic mass is 16.3. The predicted octanol–water partition coefficient (Wildman–Crippen LogP) is 1.94. The Balaban J connectivity index is 1.94. The number of nitrogens with zero attached hydrogens (tertiary/aromatic N) is 1. The Morgan fingerprint density at radius 2 is 1.62 bits per heavy atom. The molecule has 0 bridgehead atoms. The van der Waals surface area contributed by atoms with Crippen molar-refractivity contribution in [2.75, 3.05) is 7.05 Å². The van der Waals surface area contributed by atoms with Crippen LogP contribution in [0.4, 0.5) is 0 Å². The average molecular weight is 225 g/mol. The molecule has 0 saturated heterocycles. The number of amides is 1. The van der Waals surface area contributed by atoms with Crippen LogP contribution in [0, 0.1) is 5.92 Å². The van der Waals surface area contributed by atoms with E-state index >= 15 is 0 Å². The quantitative estimate of drug-likeness (QED) is 0.780. The molecule has 2 aliphatic rings. The Kier molecular flexibility index (Phi) is 3.85. The van der Waals surface area contributed by atoms with Crippen molar-refractivity contribution in [3.8, 4) is 0 Å². The molecule has 3 heteroatoms. The summed E-state index contributed by atoms with van der Waals surface area (Å²) in [6.07, 6.45) is 8.24. The molecule has 0 aromatic carbocycles. The maximum atomic E-state index is 12.2. The molecule has 0 heterocycles. The van der Waals surface area contributed by atoms with E-state index in [1.807, 2.05) is 11.9 Å². The Labute approximate surface area is 97.8 Å². The van der Waals surface area contributed by atoms with Crippen LogP contribution >= 0.6 is 0 Å². The van der Waals surface area contributed by atoms with Gasteiger partial charge in [0.25, 0.3) is 0 Å². The number of hydrogen-bond donors (Lipinski definition) is 1. The first-order chi connectivity index (χ1) is 7.70. The van der Waals surface area contributed by atoms with Crippen molar-refractivity contribution in [2.45, 2.75) is 63.5 Å². The van der Waals surface area contributed by atoms with Crippen molar-refractivity contribution < 1.29 is 9.90 Å². The molecule has 3 nitrogen and oxygen atoms in total. The summed E-state index contributed by atoms with van der Waals surface area (Å²) in [5.74, 6) is 0.502. The number of aliphatic hydroxyl groups is 1. The summed E-state index contributed by atoms with van der Waals surface area (Å²) >= 11 is 0. The first-order valence-corrected chi connectivity index (χ1v) is 6.65. The molecule has 0 spiro atoms. The van der Waals surface area contributed by atoms with Gasteiger partial charge in [-0.2, -0.15) is 0 Å². The number of carbonyl (C=O) groups excluding carboxylic acids is 1. The van der Waals surface area contributed by atoms with Gasteiger partial charge in [-0.25, -0.2) is 0 Å². The van der Waals surface area contributed by atoms with Gasteiger partial charge in [0, 0.05) is 13.0 Å². The van der Waals surface area contributed by atoms with Gasteiger partial charge in [0.1, 0.15) is 0 Å². The molecule has 2 rings (SSSR count). The molecule has 2 saturated carbocycles. The van der Waals surface area contributed by atoms with Crippen LogP contribution in [0.5, 0.6) is 0 Å². The Morgan fingerprint density at radius 1 is 1.06 bits per heavy atom. The Bertz CT molecular complexity index is 248. The van der Waals surface area contributed by atoms with Crippen LogP contribution in [-0.4, -0.2) is 35.1 Å². The highest BCUT2D eigenvalue weighted by Crippen LogP contribution is 2.29. The first-order valence-electron chi connectivity index (χ1n) is 6.65. The van der Waals surface area contributed by atoms with Crippen molar-refractivity contribution in [3.05, 3.63) is 0 Å². The third kappa shape index (κ3) is 2.40. The molecule has 92 valence electrons. The van der Waals surface area contributed by atoms with Crippen LogP contribution in [0.2, 0.25) is 0 Å². The van der Waals surface area contributed by atoms with Crippen LogP contribution in [0.15, 0.2) is 0 Å². The fraction of sp³-hybridized carbons (Fsp3) is 0.923. The number of carbonyl (C=O) groups is 1. The minimum Gasteiger partial charge on any atom is -0.391 e. The van der Waals surface area contributed by atoms with E-state index in [-0.39, 0.29) is 24.0 Å². The number of likely N-dealkylation sites (N-methyl/N-ethyl adjacent to an activating group) is 1. The van der Waals surface area contributed by atoms with Crippen molar-refractivity contribution in [1.29, 1.82) is 0 Å². The number of rotatable bonds is 2. The molecule has 1 amide bonds. The van der Waals surface area contributed by atoms with Crippen LogP contribution in [0.25, 0.3) is 0 Å². The largest absolute Gasteiger partial charge is 0.391 e. The molecule has 2 atom stereocenters. The fourth-order valence-electron chi connectivity index (χ4n) is 3.17. The number of aliphatic hydroxyl groups excluding tert-OH is 1.